The van der Waals surface area contributed by atoms with Crippen LogP contribution in [-0.2, 0) is 20.0 Å². The third kappa shape index (κ3) is 5.39. The van der Waals surface area contributed by atoms with Gasteiger partial charge >= 0.3 is 0 Å². The van der Waals surface area contributed by atoms with E-state index in [0.29, 0.717) is 10.8 Å². The minimum atomic E-state index is -4.04. The topological polar surface area (TPSA) is 111 Å². The number of anilines is 2. The van der Waals surface area contributed by atoms with Gasteiger partial charge in [0.1, 0.15) is 16.4 Å². The average molecular weight is 517 g/mol. The van der Waals surface area contributed by atoms with Gasteiger partial charge in [-0.3, -0.25) is 9.44 Å². The van der Waals surface area contributed by atoms with Crippen LogP contribution in [0.15, 0.2) is 70.5 Å². The van der Waals surface area contributed by atoms with Gasteiger partial charge in [-0.15, -0.1) is 0 Å². The summed E-state index contributed by atoms with van der Waals surface area (Å²) < 4.78 is 65.9. The zero-order valence-corrected chi connectivity index (χ0v) is 19.9. The molecule has 0 radical (unpaired) electrons. The zero-order chi connectivity index (χ0) is 23.5. The van der Waals surface area contributed by atoms with Gasteiger partial charge in [-0.25, -0.2) is 16.8 Å². The molecule has 0 aliphatic carbocycles. The smallest absolute Gasteiger partial charge is 0.265 e. The maximum Gasteiger partial charge on any atom is 0.265 e. The second kappa shape index (κ2) is 9.45. The molecule has 0 spiro atoms. The lowest BCUT2D eigenvalue weighted by Crippen LogP contribution is -2.15. The summed E-state index contributed by atoms with van der Waals surface area (Å²) in [4.78, 5) is -0.206. The van der Waals surface area contributed by atoms with Gasteiger partial charge in [-0.1, -0.05) is 23.2 Å². The molecule has 3 aromatic carbocycles. The Hall–Kier alpha value is -2.66. The first-order valence-electron chi connectivity index (χ1n) is 8.88. The molecular formula is C20H18Cl2N2O6S2. The first kappa shape index (κ1) is 24.0. The number of nitrogens with one attached hydrogen (secondary N) is 2. The summed E-state index contributed by atoms with van der Waals surface area (Å²) in [6.07, 6.45) is 0. The molecule has 8 nitrogen and oxygen atoms in total. The zero-order valence-electron chi connectivity index (χ0n) is 16.8. The highest BCUT2D eigenvalue weighted by Crippen LogP contribution is 2.30. The molecule has 0 aliphatic rings. The van der Waals surface area contributed by atoms with Gasteiger partial charge in [0.2, 0.25) is 0 Å². The molecule has 0 unspecified atom stereocenters. The first-order valence-corrected chi connectivity index (χ1v) is 12.6. The largest absolute Gasteiger partial charge is 0.497 e. The molecule has 3 aromatic rings. The fourth-order valence-electron chi connectivity index (χ4n) is 2.68. The van der Waals surface area contributed by atoms with Crippen LogP contribution < -0.4 is 18.9 Å². The third-order valence-electron chi connectivity index (χ3n) is 4.25. The molecule has 0 fully saturated rings. The van der Waals surface area contributed by atoms with Crippen molar-refractivity contribution in [3.63, 3.8) is 0 Å². The van der Waals surface area contributed by atoms with E-state index in [1.807, 2.05) is 0 Å². The Kier molecular flexibility index (Phi) is 7.09. The number of benzene rings is 3. The van der Waals surface area contributed by atoms with Crippen LogP contribution >= 0.6 is 23.2 Å². The van der Waals surface area contributed by atoms with E-state index in [2.05, 4.69) is 9.44 Å². The second-order valence-corrected chi connectivity index (χ2v) is 10.5. The summed E-state index contributed by atoms with van der Waals surface area (Å²) in [7, 11) is -5.22. The number of halogens is 2. The van der Waals surface area contributed by atoms with Gasteiger partial charge in [0.15, 0.2) is 0 Å². The summed E-state index contributed by atoms with van der Waals surface area (Å²) in [6.45, 7) is 0. The Morgan fingerprint density at radius 3 is 1.91 bits per heavy atom. The van der Waals surface area contributed by atoms with Crippen LogP contribution in [0, 0.1) is 0 Å². The molecule has 0 aromatic heterocycles. The van der Waals surface area contributed by atoms with Crippen molar-refractivity contribution in [2.45, 2.75) is 9.79 Å². The second-order valence-electron chi connectivity index (χ2n) is 6.38. The van der Waals surface area contributed by atoms with Gasteiger partial charge in [0, 0.05) is 11.8 Å². The number of ether oxygens (including phenoxy) is 2. The van der Waals surface area contributed by atoms with Crippen molar-refractivity contribution >= 4 is 54.6 Å². The van der Waals surface area contributed by atoms with E-state index in [-0.39, 0.29) is 31.9 Å². The Balaban J connectivity index is 1.83. The Labute approximate surface area is 196 Å². The van der Waals surface area contributed by atoms with Crippen LogP contribution in [0.1, 0.15) is 0 Å². The summed E-state index contributed by atoms with van der Waals surface area (Å²) in [5.41, 5.74) is 0.387. The molecule has 0 heterocycles. The lowest BCUT2D eigenvalue weighted by Gasteiger charge is -2.13. The number of hydrogen-bond acceptors (Lipinski definition) is 6. The van der Waals surface area contributed by atoms with Crippen LogP contribution in [0.4, 0.5) is 11.4 Å². The van der Waals surface area contributed by atoms with Crippen molar-refractivity contribution in [1.82, 2.24) is 0 Å². The monoisotopic (exact) mass is 516 g/mol. The quantitative estimate of drug-likeness (QED) is 0.452. The van der Waals surface area contributed by atoms with Crippen molar-refractivity contribution in [1.29, 1.82) is 0 Å². The molecule has 0 aliphatic heterocycles. The number of methoxy groups -OCH3 is 2. The number of rotatable bonds is 8. The van der Waals surface area contributed by atoms with Gasteiger partial charge in [-0.2, -0.15) is 0 Å². The average Bonchev–Trinajstić information content (AvgIpc) is 2.75. The van der Waals surface area contributed by atoms with Crippen molar-refractivity contribution < 1.29 is 26.3 Å². The fraction of sp³-hybridized carbons (Fsp3) is 0.100. The molecule has 0 saturated heterocycles. The Morgan fingerprint density at radius 1 is 0.688 bits per heavy atom. The van der Waals surface area contributed by atoms with E-state index < -0.39 is 20.0 Å². The van der Waals surface area contributed by atoms with Crippen LogP contribution in [0.3, 0.4) is 0 Å². The summed E-state index contributed by atoms with van der Waals surface area (Å²) in [5.74, 6) is 0.462. The molecule has 170 valence electrons. The maximum atomic E-state index is 12.8. The fourth-order valence-corrected chi connectivity index (χ4v) is 5.27. The highest BCUT2D eigenvalue weighted by Gasteiger charge is 2.21. The first-order chi connectivity index (χ1) is 15.1. The SMILES string of the molecule is COc1ccc(OC)c(S(=O)(=O)Nc2ccc(S(=O)(=O)Nc3ccc(Cl)c(Cl)c3)cc2)c1. The molecule has 3 rings (SSSR count). The highest BCUT2D eigenvalue weighted by atomic mass is 35.5. The van der Waals surface area contributed by atoms with E-state index in [9.17, 15) is 16.8 Å². The predicted molar refractivity (Wildman–Crippen MR) is 124 cm³/mol. The molecular weight excluding hydrogens is 499 g/mol. The summed E-state index contributed by atoms with van der Waals surface area (Å²) in [6, 6.07) is 13.9. The van der Waals surface area contributed by atoms with Gasteiger partial charge < -0.3 is 9.47 Å². The summed E-state index contributed by atoms with van der Waals surface area (Å²) in [5, 5.41) is 0.489. The van der Waals surface area contributed by atoms with Crippen LogP contribution in [0.2, 0.25) is 10.0 Å². The lowest BCUT2D eigenvalue weighted by atomic mass is 10.3. The van der Waals surface area contributed by atoms with E-state index in [0.717, 1.165) is 0 Å². The normalized spacial score (nSPS) is 11.6. The van der Waals surface area contributed by atoms with E-state index in [4.69, 9.17) is 32.7 Å². The summed E-state index contributed by atoms with van der Waals surface area (Å²) >= 11 is 11.8. The molecule has 12 heteroatoms. The van der Waals surface area contributed by atoms with Crippen molar-refractivity contribution in [2.24, 2.45) is 0 Å². The van der Waals surface area contributed by atoms with Gasteiger partial charge in [0.25, 0.3) is 20.0 Å². The van der Waals surface area contributed by atoms with Gasteiger partial charge in [0.05, 0.1) is 34.8 Å². The number of sulfonamides is 2. The van der Waals surface area contributed by atoms with Crippen molar-refractivity contribution in [3.05, 3.63) is 70.7 Å². The maximum absolute atomic E-state index is 12.8. The molecule has 2 N–H and O–H groups in total. The number of hydrogen-bond donors (Lipinski definition) is 2. The molecule has 0 bridgehead atoms. The molecule has 0 atom stereocenters. The van der Waals surface area contributed by atoms with E-state index in [1.165, 1.54) is 68.8 Å². The minimum Gasteiger partial charge on any atom is -0.497 e. The third-order valence-corrected chi connectivity index (χ3v) is 7.79. The lowest BCUT2D eigenvalue weighted by molar-refractivity contribution is 0.392. The Bertz CT molecular complexity index is 1350. The molecule has 32 heavy (non-hydrogen) atoms. The minimum absolute atomic E-state index is 0.0783. The standard InChI is InChI=1S/C20H18Cl2N2O6S2/c1-29-15-6-10-19(30-2)20(12-15)32(27,28)23-13-3-7-16(8-4-13)31(25,26)24-14-5-9-17(21)18(22)11-14/h3-12,23-24H,1-2H3. The van der Waals surface area contributed by atoms with Gasteiger partial charge in [-0.05, 0) is 54.6 Å². The van der Waals surface area contributed by atoms with E-state index >= 15 is 0 Å². The van der Waals surface area contributed by atoms with Crippen LogP contribution in [0.5, 0.6) is 11.5 Å². The molecule has 0 amide bonds. The predicted octanol–water partition coefficient (Wildman–Crippen LogP) is 4.61. The van der Waals surface area contributed by atoms with Crippen LogP contribution in [0.25, 0.3) is 0 Å². The Morgan fingerprint density at radius 2 is 1.31 bits per heavy atom. The van der Waals surface area contributed by atoms with Crippen molar-refractivity contribution in [2.75, 3.05) is 23.7 Å². The van der Waals surface area contributed by atoms with Crippen molar-refractivity contribution in [3.8, 4) is 11.5 Å². The van der Waals surface area contributed by atoms with Crippen LogP contribution in [-0.4, -0.2) is 31.1 Å². The highest BCUT2D eigenvalue weighted by molar-refractivity contribution is 7.93. The molecule has 0 saturated carbocycles. The van der Waals surface area contributed by atoms with E-state index in [1.54, 1.807) is 6.07 Å².